The van der Waals surface area contributed by atoms with Crippen molar-refractivity contribution in [1.82, 2.24) is 5.32 Å². The van der Waals surface area contributed by atoms with Crippen molar-refractivity contribution in [3.8, 4) is 0 Å². The van der Waals surface area contributed by atoms with Gasteiger partial charge in [-0.1, -0.05) is 23.7 Å². The number of halogens is 4. The molecule has 0 bridgehead atoms. The van der Waals surface area contributed by atoms with Gasteiger partial charge in [-0.3, -0.25) is 4.79 Å². The number of alkyl halides is 3. The Hall–Kier alpha value is -1.23. The molecule has 0 saturated heterocycles. The van der Waals surface area contributed by atoms with Crippen molar-refractivity contribution in [3.63, 3.8) is 0 Å². The van der Waals surface area contributed by atoms with Crippen LogP contribution in [0.15, 0.2) is 24.3 Å². The van der Waals surface area contributed by atoms with Gasteiger partial charge in [-0.05, 0) is 24.6 Å². The first kappa shape index (κ1) is 12.8. The summed E-state index contributed by atoms with van der Waals surface area (Å²) in [5.74, 6) is -1.95. The van der Waals surface area contributed by atoms with E-state index in [-0.39, 0.29) is 0 Å². The molecule has 0 spiro atoms. The first-order valence-electron chi connectivity index (χ1n) is 4.44. The molecular weight excluding hydrogens is 243 g/mol. The predicted molar refractivity (Wildman–Crippen MR) is 54.1 cm³/mol. The molecule has 1 amide bonds. The van der Waals surface area contributed by atoms with Gasteiger partial charge in [0, 0.05) is 5.02 Å². The van der Waals surface area contributed by atoms with Gasteiger partial charge in [-0.25, -0.2) is 0 Å². The molecule has 0 aromatic heterocycles. The van der Waals surface area contributed by atoms with E-state index in [1.54, 1.807) is 24.3 Å². The summed E-state index contributed by atoms with van der Waals surface area (Å²) in [4.78, 5) is 10.7. The first-order valence-corrected chi connectivity index (χ1v) is 4.81. The van der Waals surface area contributed by atoms with Crippen LogP contribution in [-0.2, 0) is 4.79 Å². The second-order valence-corrected chi connectivity index (χ2v) is 3.68. The normalized spacial score (nSPS) is 13.3. The van der Waals surface area contributed by atoms with E-state index >= 15 is 0 Å². The second-order valence-electron chi connectivity index (χ2n) is 3.24. The third kappa shape index (κ3) is 3.41. The molecule has 1 unspecified atom stereocenters. The van der Waals surface area contributed by atoms with Gasteiger partial charge in [0.1, 0.15) is 0 Å². The van der Waals surface area contributed by atoms with Gasteiger partial charge in [0.15, 0.2) is 0 Å². The monoisotopic (exact) mass is 251 g/mol. The summed E-state index contributed by atoms with van der Waals surface area (Å²) >= 11 is 5.63. The Morgan fingerprint density at radius 2 is 1.81 bits per heavy atom. The van der Waals surface area contributed by atoms with Crippen LogP contribution in [0.1, 0.15) is 18.5 Å². The molecule has 2 nitrogen and oxygen atoms in total. The SMILES string of the molecule is CC(NC(=O)C(F)(F)F)c1ccc(Cl)cc1. The third-order valence-electron chi connectivity index (χ3n) is 1.98. The van der Waals surface area contributed by atoms with Crippen LogP contribution in [0.3, 0.4) is 0 Å². The summed E-state index contributed by atoms with van der Waals surface area (Å²) in [5.41, 5.74) is 0.557. The van der Waals surface area contributed by atoms with Crippen LogP contribution in [0.2, 0.25) is 5.02 Å². The first-order chi connectivity index (χ1) is 7.30. The van der Waals surface area contributed by atoms with E-state index in [0.717, 1.165) is 0 Å². The fourth-order valence-corrected chi connectivity index (χ4v) is 1.24. The Morgan fingerprint density at radius 1 is 1.31 bits per heavy atom. The second kappa shape index (κ2) is 4.74. The van der Waals surface area contributed by atoms with E-state index in [4.69, 9.17) is 11.6 Å². The van der Waals surface area contributed by atoms with Gasteiger partial charge in [-0.2, -0.15) is 13.2 Å². The van der Waals surface area contributed by atoms with Crippen molar-refractivity contribution in [2.75, 3.05) is 0 Å². The lowest BCUT2D eigenvalue weighted by Crippen LogP contribution is -2.38. The summed E-state index contributed by atoms with van der Waals surface area (Å²) in [6.07, 6.45) is -4.86. The van der Waals surface area contributed by atoms with Gasteiger partial charge < -0.3 is 5.32 Å². The van der Waals surface area contributed by atoms with Gasteiger partial charge in [0.05, 0.1) is 6.04 Å². The lowest BCUT2D eigenvalue weighted by atomic mass is 10.1. The molecule has 88 valence electrons. The third-order valence-corrected chi connectivity index (χ3v) is 2.23. The molecule has 0 aliphatic carbocycles. The summed E-state index contributed by atoms with van der Waals surface area (Å²) in [6.45, 7) is 1.47. The van der Waals surface area contributed by atoms with E-state index in [9.17, 15) is 18.0 Å². The van der Waals surface area contributed by atoms with E-state index < -0.39 is 18.1 Å². The lowest BCUT2D eigenvalue weighted by Gasteiger charge is -2.15. The maximum absolute atomic E-state index is 12.0. The number of carbonyl (C=O) groups is 1. The molecule has 0 aliphatic heterocycles. The van der Waals surface area contributed by atoms with Crippen LogP contribution in [-0.4, -0.2) is 12.1 Å². The van der Waals surface area contributed by atoms with Crippen molar-refractivity contribution in [2.45, 2.75) is 19.1 Å². The van der Waals surface area contributed by atoms with E-state index in [0.29, 0.717) is 10.6 Å². The number of hydrogen-bond donors (Lipinski definition) is 1. The average molecular weight is 252 g/mol. The molecular formula is C10H9ClF3NO. The topological polar surface area (TPSA) is 29.1 Å². The molecule has 16 heavy (non-hydrogen) atoms. The maximum Gasteiger partial charge on any atom is 0.471 e. The molecule has 0 saturated carbocycles. The molecule has 0 heterocycles. The Labute approximate surface area is 95.4 Å². The summed E-state index contributed by atoms with van der Waals surface area (Å²) in [7, 11) is 0. The number of carbonyl (C=O) groups excluding carboxylic acids is 1. The Morgan fingerprint density at radius 3 is 2.25 bits per heavy atom. The van der Waals surface area contributed by atoms with Crippen molar-refractivity contribution < 1.29 is 18.0 Å². The van der Waals surface area contributed by atoms with Crippen LogP contribution in [0.4, 0.5) is 13.2 Å². The predicted octanol–water partition coefficient (Wildman–Crippen LogP) is 3.08. The van der Waals surface area contributed by atoms with Gasteiger partial charge >= 0.3 is 12.1 Å². The van der Waals surface area contributed by atoms with Crippen LogP contribution in [0, 0.1) is 0 Å². The Balaban J connectivity index is 2.69. The highest BCUT2D eigenvalue weighted by molar-refractivity contribution is 6.30. The Bertz CT molecular complexity index is 375. The van der Waals surface area contributed by atoms with Crippen molar-refractivity contribution in [2.24, 2.45) is 0 Å². The van der Waals surface area contributed by atoms with E-state index in [2.05, 4.69) is 0 Å². The Kier molecular flexibility index (Phi) is 3.80. The average Bonchev–Trinajstić information content (AvgIpc) is 2.17. The zero-order valence-corrected chi connectivity index (χ0v) is 9.06. The molecule has 1 N–H and O–H groups in total. The quantitative estimate of drug-likeness (QED) is 0.860. The number of benzene rings is 1. The van der Waals surface area contributed by atoms with E-state index in [1.807, 2.05) is 5.32 Å². The highest BCUT2D eigenvalue weighted by Gasteiger charge is 2.39. The van der Waals surface area contributed by atoms with Crippen LogP contribution in [0.5, 0.6) is 0 Å². The van der Waals surface area contributed by atoms with Crippen LogP contribution in [0.25, 0.3) is 0 Å². The molecule has 1 aromatic carbocycles. The minimum Gasteiger partial charge on any atom is -0.342 e. The minimum absolute atomic E-state index is 0.484. The standard InChI is InChI=1S/C10H9ClF3NO/c1-6(15-9(16)10(12,13)14)7-2-4-8(11)5-3-7/h2-6H,1H3,(H,15,16). The summed E-state index contributed by atoms with van der Waals surface area (Å²) in [5, 5.41) is 2.33. The minimum atomic E-state index is -4.86. The van der Waals surface area contributed by atoms with Gasteiger partial charge in [-0.15, -0.1) is 0 Å². The smallest absolute Gasteiger partial charge is 0.342 e. The molecule has 1 rings (SSSR count). The largest absolute Gasteiger partial charge is 0.471 e. The molecule has 1 atom stereocenters. The fourth-order valence-electron chi connectivity index (χ4n) is 1.11. The highest BCUT2D eigenvalue weighted by atomic mass is 35.5. The van der Waals surface area contributed by atoms with Gasteiger partial charge in [0.2, 0.25) is 0 Å². The number of amides is 1. The molecule has 6 heteroatoms. The molecule has 0 fully saturated rings. The fraction of sp³-hybridized carbons (Fsp3) is 0.300. The molecule has 0 radical (unpaired) electrons. The van der Waals surface area contributed by atoms with Crippen molar-refractivity contribution in [3.05, 3.63) is 34.9 Å². The lowest BCUT2D eigenvalue weighted by molar-refractivity contribution is -0.174. The molecule has 1 aromatic rings. The maximum atomic E-state index is 12.0. The molecule has 0 aliphatic rings. The van der Waals surface area contributed by atoms with Crippen molar-refractivity contribution in [1.29, 1.82) is 0 Å². The number of hydrogen-bond acceptors (Lipinski definition) is 1. The van der Waals surface area contributed by atoms with Crippen LogP contribution < -0.4 is 5.32 Å². The summed E-state index contributed by atoms with van der Waals surface area (Å²) < 4.78 is 35.9. The zero-order chi connectivity index (χ0) is 12.3. The number of nitrogens with one attached hydrogen (secondary N) is 1. The summed E-state index contributed by atoms with van der Waals surface area (Å²) in [6, 6.07) is 5.50. The highest BCUT2D eigenvalue weighted by Crippen LogP contribution is 2.19. The zero-order valence-electron chi connectivity index (χ0n) is 8.31. The van der Waals surface area contributed by atoms with Crippen LogP contribution >= 0.6 is 11.6 Å². The van der Waals surface area contributed by atoms with Gasteiger partial charge in [0.25, 0.3) is 0 Å². The number of rotatable bonds is 2. The van der Waals surface area contributed by atoms with E-state index in [1.165, 1.54) is 6.92 Å². The van der Waals surface area contributed by atoms with Crippen molar-refractivity contribution >= 4 is 17.5 Å².